The molecule has 0 bridgehead atoms. The lowest BCUT2D eigenvalue weighted by atomic mass is 9.94. The molecule has 1 atom stereocenters. The lowest BCUT2D eigenvalue weighted by Gasteiger charge is -2.33. The van der Waals surface area contributed by atoms with Gasteiger partial charge in [0.05, 0.1) is 12.6 Å². The molecule has 1 aliphatic carbocycles. The number of carbonyl (C=O) groups is 2. The van der Waals surface area contributed by atoms with Gasteiger partial charge in [-0.2, -0.15) is 0 Å². The van der Waals surface area contributed by atoms with Crippen LogP contribution in [0.15, 0.2) is 95.4 Å². The van der Waals surface area contributed by atoms with Crippen molar-refractivity contribution in [2.24, 2.45) is 0 Å². The summed E-state index contributed by atoms with van der Waals surface area (Å²) >= 11 is 0. The van der Waals surface area contributed by atoms with E-state index >= 15 is 0 Å². The minimum Gasteiger partial charge on any atom is -0.497 e. The Morgan fingerprint density at radius 2 is 1.68 bits per heavy atom. The third-order valence-corrected chi connectivity index (χ3v) is 8.50. The summed E-state index contributed by atoms with van der Waals surface area (Å²) in [6.07, 6.45) is 5.16. The second-order valence-corrected chi connectivity index (χ2v) is 11.3. The average Bonchev–Trinajstić information content (AvgIpc) is 3.65. The van der Waals surface area contributed by atoms with Crippen molar-refractivity contribution in [2.45, 2.75) is 50.7 Å². The first-order valence-electron chi connectivity index (χ1n) is 15.0. The molecule has 1 N–H and O–H groups in total. The molecule has 9 nitrogen and oxygen atoms in total. The first-order chi connectivity index (χ1) is 21.6. The number of ether oxygens (including phenoxy) is 1. The van der Waals surface area contributed by atoms with E-state index in [2.05, 4.69) is 15.6 Å². The van der Waals surface area contributed by atoms with Gasteiger partial charge in [-0.25, -0.2) is 4.68 Å². The Labute approximate surface area is 254 Å². The number of para-hydroxylation sites is 2. The molecule has 9 heteroatoms. The van der Waals surface area contributed by atoms with Gasteiger partial charge in [-0.3, -0.25) is 14.5 Å². The molecule has 2 amide bonds. The van der Waals surface area contributed by atoms with Crippen LogP contribution in [0.4, 0.5) is 5.69 Å². The molecule has 2 aromatic heterocycles. The highest BCUT2D eigenvalue weighted by Gasteiger charge is 2.35. The number of furan rings is 1. The number of hydrogen-bond acceptors (Lipinski definition) is 6. The Morgan fingerprint density at radius 1 is 0.932 bits per heavy atom. The second kappa shape index (κ2) is 11.8. The molecule has 44 heavy (non-hydrogen) atoms. The molecule has 6 aromatic rings. The molecule has 4 aromatic carbocycles. The molecule has 7 rings (SSSR count). The van der Waals surface area contributed by atoms with Crippen molar-refractivity contribution in [1.29, 1.82) is 0 Å². The molecular formula is C35H33N5O4. The molecule has 0 unspecified atom stereocenters. The number of nitrogens with one attached hydrogen (secondary N) is 1. The van der Waals surface area contributed by atoms with Crippen molar-refractivity contribution >= 4 is 50.5 Å². The van der Waals surface area contributed by atoms with Crippen LogP contribution in [0.1, 0.15) is 43.7 Å². The van der Waals surface area contributed by atoms with Gasteiger partial charge >= 0.3 is 0 Å². The largest absolute Gasteiger partial charge is 0.497 e. The quantitative estimate of drug-likeness (QED) is 0.216. The monoisotopic (exact) mass is 587 g/mol. The molecule has 1 fully saturated rings. The SMILES string of the molecule is COc1ccc([C@H](C(=O)NC2CCCCC2)N(C(=O)Cn2nnc3ccccc32)c2ccc3oc4ccccc4c3c2)cc1. The van der Waals surface area contributed by atoms with E-state index in [1.54, 1.807) is 16.7 Å². The van der Waals surface area contributed by atoms with Crippen LogP contribution < -0.4 is 15.0 Å². The van der Waals surface area contributed by atoms with Gasteiger partial charge in [0.2, 0.25) is 11.8 Å². The van der Waals surface area contributed by atoms with Crippen molar-refractivity contribution < 1.29 is 18.7 Å². The molecule has 222 valence electrons. The number of aromatic nitrogens is 3. The number of carbonyl (C=O) groups excluding carboxylic acids is 2. The van der Waals surface area contributed by atoms with Crippen molar-refractivity contribution in [1.82, 2.24) is 20.3 Å². The standard InChI is InChI=1S/C35H33N5O4/c1-43-26-18-15-23(16-19-26)34(35(42)36-24-9-3-2-4-10-24)40(33(41)22-39-30-13-7-6-12-29(30)37-38-39)25-17-20-32-28(21-25)27-11-5-8-14-31(27)44-32/h5-8,11-21,24,34H,2-4,9-10,22H2,1H3,(H,36,42)/t34-/m1/s1. The van der Waals surface area contributed by atoms with Crippen LogP contribution >= 0.6 is 0 Å². The van der Waals surface area contributed by atoms with Crippen LogP contribution in [0, 0.1) is 0 Å². The maximum atomic E-state index is 14.5. The fourth-order valence-electron chi connectivity index (χ4n) is 6.27. The van der Waals surface area contributed by atoms with Gasteiger partial charge in [0, 0.05) is 22.5 Å². The summed E-state index contributed by atoms with van der Waals surface area (Å²) in [7, 11) is 1.60. The van der Waals surface area contributed by atoms with Gasteiger partial charge in [-0.05, 0) is 66.9 Å². The van der Waals surface area contributed by atoms with Crippen molar-refractivity contribution in [3.8, 4) is 5.75 Å². The van der Waals surface area contributed by atoms with E-state index in [0.29, 0.717) is 28.1 Å². The minimum absolute atomic E-state index is 0.0634. The summed E-state index contributed by atoms with van der Waals surface area (Å²) in [5.74, 6) is 0.141. The zero-order valence-electron chi connectivity index (χ0n) is 24.5. The van der Waals surface area contributed by atoms with Gasteiger partial charge < -0.3 is 14.5 Å². The number of benzene rings is 4. The molecule has 2 heterocycles. The van der Waals surface area contributed by atoms with Crippen LogP contribution in [0.3, 0.4) is 0 Å². The van der Waals surface area contributed by atoms with E-state index in [9.17, 15) is 9.59 Å². The van der Waals surface area contributed by atoms with Crippen molar-refractivity contribution in [3.63, 3.8) is 0 Å². The number of amides is 2. The molecule has 0 aliphatic heterocycles. The Kier molecular flexibility index (Phi) is 7.43. The second-order valence-electron chi connectivity index (χ2n) is 11.3. The lowest BCUT2D eigenvalue weighted by Crippen LogP contribution is -2.48. The van der Waals surface area contributed by atoms with Crippen molar-refractivity contribution in [3.05, 3.63) is 96.6 Å². The van der Waals surface area contributed by atoms with Gasteiger partial charge in [0.25, 0.3) is 0 Å². The van der Waals surface area contributed by atoms with E-state index in [-0.39, 0.29) is 24.4 Å². The smallest absolute Gasteiger partial charge is 0.249 e. The summed E-state index contributed by atoms with van der Waals surface area (Å²) < 4.78 is 13.1. The highest BCUT2D eigenvalue weighted by atomic mass is 16.5. The zero-order chi connectivity index (χ0) is 30.0. The minimum atomic E-state index is -0.944. The molecule has 0 radical (unpaired) electrons. The van der Waals surface area contributed by atoms with E-state index in [1.165, 1.54) is 6.42 Å². The maximum Gasteiger partial charge on any atom is 0.249 e. The number of fused-ring (bicyclic) bond motifs is 4. The van der Waals surface area contributed by atoms with Crippen LogP contribution in [-0.2, 0) is 16.1 Å². The summed E-state index contributed by atoms with van der Waals surface area (Å²) in [4.78, 5) is 30.5. The summed E-state index contributed by atoms with van der Waals surface area (Å²) in [6.45, 7) is -0.103. The van der Waals surface area contributed by atoms with Crippen LogP contribution in [-0.4, -0.2) is 40.0 Å². The number of anilines is 1. The Morgan fingerprint density at radius 3 is 2.50 bits per heavy atom. The van der Waals surface area contributed by atoms with Gasteiger partial charge in [0.15, 0.2) is 0 Å². The Balaban J connectivity index is 1.36. The van der Waals surface area contributed by atoms with Gasteiger partial charge in [-0.1, -0.05) is 66.9 Å². The zero-order valence-corrected chi connectivity index (χ0v) is 24.5. The third kappa shape index (κ3) is 5.25. The molecule has 0 saturated heterocycles. The fourth-order valence-corrected chi connectivity index (χ4v) is 6.27. The topological polar surface area (TPSA) is 102 Å². The molecule has 1 saturated carbocycles. The summed E-state index contributed by atoms with van der Waals surface area (Å²) in [6, 6.07) is 27.4. The maximum absolute atomic E-state index is 14.5. The summed E-state index contributed by atoms with van der Waals surface area (Å²) in [5, 5.41) is 13.6. The van der Waals surface area contributed by atoms with Crippen molar-refractivity contribution in [2.75, 3.05) is 12.0 Å². The molecule has 0 spiro atoms. The predicted octanol–water partition coefficient (Wildman–Crippen LogP) is 6.56. The highest BCUT2D eigenvalue weighted by Crippen LogP contribution is 2.36. The summed E-state index contributed by atoms with van der Waals surface area (Å²) in [5.41, 5.74) is 4.15. The predicted molar refractivity (Wildman–Crippen MR) is 169 cm³/mol. The third-order valence-electron chi connectivity index (χ3n) is 8.50. The highest BCUT2D eigenvalue weighted by molar-refractivity contribution is 6.08. The van der Waals surface area contributed by atoms with Crippen LogP contribution in [0.25, 0.3) is 33.0 Å². The van der Waals surface area contributed by atoms with E-state index in [4.69, 9.17) is 9.15 Å². The Hall–Kier alpha value is -5.18. The fraction of sp³-hybridized carbons (Fsp3) is 0.257. The van der Waals surface area contributed by atoms with Gasteiger partial charge in [0.1, 0.15) is 35.0 Å². The Bertz CT molecular complexity index is 1960. The number of methoxy groups -OCH3 is 1. The van der Waals surface area contributed by atoms with E-state index in [1.807, 2.05) is 91.0 Å². The van der Waals surface area contributed by atoms with E-state index < -0.39 is 6.04 Å². The molecule has 1 aliphatic rings. The van der Waals surface area contributed by atoms with E-state index in [0.717, 1.165) is 47.6 Å². The van der Waals surface area contributed by atoms with Gasteiger partial charge in [-0.15, -0.1) is 5.10 Å². The first-order valence-corrected chi connectivity index (χ1v) is 15.0. The first kappa shape index (κ1) is 27.6. The van der Waals surface area contributed by atoms with Crippen LogP contribution in [0.5, 0.6) is 5.75 Å². The number of hydrogen-bond donors (Lipinski definition) is 1. The average molecular weight is 588 g/mol. The molecular weight excluding hydrogens is 554 g/mol. The number of nitrogens with zero attached hydrogens (tertiary/aromatic N) is 4. The number of rotatable bonds is 8. The lowest BCUT2D eigenvalue weighted by molar-refractivity contribution is -0.127. The normalized spacial score (nSPS) is 14.6. The van der Waals surface area contributed by atoms with Crippen LogP contribution in [0.2, 0.25) is 0 Å².